The molecule has 0 bridgehead atoms. The molecule has 18 heavy (non-hydrogen) atoms. The van der Waals surface area contributed by atoms with Crippen molar-refractivity contribution >= 4 is 11.5 Å². The lowest BCUT2D eigenvalue weighted by Crippen LogP contribution is -2.04. The predicted octanol–water partition coefficient (Wildman–Crippen LogP) is 2.59. The van der Waals surface area contributed by atoms with E-state index in [9.17, 15) is 14.9 Å². The van der Waals surface area contributed by atoms with Gasteiger partial charge in [-0.25, -0.2) is 0 Å². The SMILES string of the molecule is CCOc1c(OC)cc(C(=O)CC)cc1[N+](=O)[O-]. The van der Waals surface area contributed by atoms with Gasteiger partial charge < -0.3 is 9.47 Å². The molecule has 98 valence electrons. The summed E-state index contributed by atoms with van der Waals surface area (Å²) in [5.74, 6) is 0.0694. The highest BCUT2D eigenvalue weighted by molar-refractivity contribution is 5.97. The monoisotopic (exact) mass is 253 g/mol. The Labute approximate surface area is 105 Å². The van der Waals surface area contributed by atoms with Crippen LogP contribution in [0.1, 0.15) is 30.6 Å². The molecule has 0 aliphatic carbocycles. The summed E-state index contributed by atoms with van der Waals surface area (Å²) in [5, 5.41) is 11.0. The maximum absolute atomic E-state index is 11.6. The number of ketones is 1. The van der Waals surface area contributed by atoms with Crippen molar-refractivity contribution in [2.45, 2.75) is 20.3 Å². The number of nitro benzene ring substituents is 1. The Balaban J connectivity index is 3.42. The number of rotatable bonds is 6. The van der Waals surface area contributed by atoms with Gasteiger partial charge in [-0.2, -0.15) is 0 Å². The summed E-state index contributed by atoms with van der Waals surface area (Å²) < 4.78 is 10.3. The number of benzene rings is 1. The molecular formula is C12H15NO5. The maximum atomic E-state index is 11.6. The summed E-state index contributed by atoms with van der Waals surface area (Å²) >= 11 is 0. The van der Waals surface area contributed by atoms with E-state index in [0.717, 1.165) is 0 Å². The van der Waals surface area contributed by atoms with E-state index in [2.05, 4.69) is 0 Å². The smallest absolute Gasteiger partial charge is 0.315 e. The van der Waals surface area contributed by atoms with Gasteiger partial charge in [0.05, 0.1) is 18.6 Å². The van der Waals surface area contributed by atoms with Crippen molar-refractivity contribution < 1.29 is 19.2 Å². The first-order valence-corrected chi connectivity index (χ1v) is 5.57. The Hall–Kier alpha value is -2.11. The first kappa shape index (κ1) is 14.0. The fourth-order valence-corrected chi connectivity index (χ4v) is 1.53. The lowest BCUT2D eigenvalue weighted by Gasteiger charge is -2.11. The van der Waals surface area contributed by atoms with Crippen LogP contribution in [-0.4, -0.2) is 24.4 Å². The molecule has 0 amide bonds. The largest absolute Gasteiger partial charge is 0.493 e. The topological polar surface area (TPSA) is 78.7 Å². The molecule has 1 aromatic carbocycles. The number of ether oxygens (including phenoxy) is 2. The zero-order valence-electron chi connectivity index (χ0n) is 10.6. The fourth-order valence-electron chi connectivity index (χ4n) is 1.53. The molecular weight excluding hydrogens is 238 g/mol. The third-order valence-corrected chi connectivity index (χ3v) is 2.38. The standard InChI is InChI=1S/C12H15NO5/c1-4-10(14)8-6-9(13(15)16)12(18-5-2)11(7-8)17-3/h6-7H,4-5H2,1-3H3. The minimum Gasteiger partial charge on any atom is -0.493 e. The molecule has 0 heterocycles. The number of hydrogen-bond donors (Lipinski definition) is 0. The van der Waals surface area contributed by atoms with Crippen LogP contribution in [0, 0.1) is 10.1 Å². The third-order valence-electron chi connectivity index (χ3n) is 2.38. The van der Waals surface area contributed by atoms with E-state index in [1.165, 1.54) is 19.2 Å². The molecule has 0 fully saturated rings. The minimum absolute atomic E-state index is 0.0534. The molecule has 6 nitrogen and oxygen atoms in total. The Morgan fingerprint density at radius 2 is 2.06 bits per heavy atom. The van der Waals surface area contributed by atoms with Crippen molar-refractivity contribution in [2.24, 2.45) is 0 Å². The van der Waals surface area contributed by atoms with Crippen molar-refractivity contribution in [3.05, 3.63) is 27.8 Å². The average molecular weight is 253 g/mol. The molecule has 1 rings (SSSR count). The van der Waals surface area contributed by atoms with Crippen molar-refractivity contribution in [3.8, 4) is 11.5 Å². The van der Waals surface area contributed by atoms with Gasteiger partial charge in [-0.15, -0.1) is 0 Å². The van der Waals surface area contributed by atoms with Crippen LogP contribution in [0.5, 0.6) is 11.5 Å². The second-order valence-corrected chi connectivity index (χ2v) is 3.49. The summed E-state index contributed by atoms with van der Waals surface area (Å²) in [7, 11) is 1.38. The van der Waals surface area contributed by atoms with E-state index in [1.54, 1.807) is 13.8 Å². The molecule has 0 saturated heterocycles. The lowest BCUT2D eigenvalue weighted by molar-refractivity contribution is -0.386. The first-order chi connectivity index (χ1) is 8.54. The highest BCUT2D eigenvalue weighted by Gasteiger charge is 2.23. The van der Waals surface area contributed by atoms with Crippen LogP contribution < -0.4 is 9.47 Å². The minimum atomic E-state index is -0.583. The van der Waals surface area contributed by atoms with E-state index in [0.29, 0.717) is 0 Å². The van der Waals surface area contributed by atoms with E-state index in [4.69, 9.17) is 9.47 Å². The summed E-state index contributed by atoms with van der Waals surface area (Å²) in [4.78, 5) is 22.0. The van der Waals surface area contributed by atoms with Crippen LogP contribution in [0.4, 0.5) is 5.69 Å². The van der Waals surface area contributed by atoms with Gasteiger partial charge >= 0.3 is 5.69 Å². The van der Waals surface area contributed by atoms with Crippen LogP contribution in [-0.2, 0) is 0 Å². The van der Waals surface area contributed by atoms with Gasteiger partial charge in [0.2, 0.25) is 5.75 Å². The van der Waals surface area contributed by atoms with Crippen LogP contribution in [0.3, 0.4) is 0 Å². The molecule has 0 radical (unpaired) electrons. The molecule has 0 unspecified atom stereocenters. The number of nitrogens with zero attached hydrogens (tertiary/aromatic N) is 1. The Morgan fingerprint density at radius 3 is 2.50 bits per heavy atom. The number of Topliss-reactive ketones (excluding diaryl/α,β-unsaturated/α-hetero) is 1. The molecule has 0 saturated carbocycles. The molecule has 0 N–H and O–H groups in total. The van der Waals surface area contributed by atoms with E-state index in [1.807, 2.05) is 0 Å². The fraction of sp³-hybridized carbons (Fsp3) is 0.417. The van der Waals surface area contributed by atoms with Crippen molar-refractivity contribution in [1.82, 2.24) is 0 Å². The van der Waals surface area contributed by atoms with Crippen LogP contribution >= 0.6 is 0 Å². The molecule has 0 spiro atoms. The number of carbonyl (C=O) groups excluding carboxylic acids is 1. The Kier molecular flexibility index (Phi) is 4.65. The summed E-state index contributed by atoms with van der Waals surface area (Å²) in [6, 6.07) is 2.68. The van der Waals surface area contributed by atoms with Crippen LogP contribution in [0.2, 0.25) is 0 Å². The second-order valence-electron chi connectivity index (χ2n) is 3.49. The third kappa shape index (κ3) is 2.77. The van der Waals surface area contributed by atoms with Crippen molar-refractivity contribution in [3.63, 3.8) is 0 Å². The lowest BCUT2D eigenvalue weighted by atomic mass is 10.1. The normalized spacial score (nSPS) is 9.94. The van der Waals surface area contributed by atoms with Gasteiger partial charge in [0.1, 0.15) is 0 Å². The van der Waals surface area contributed by atoms with Gasteiger partial charge in [0, 0.05) is 18.1 Å². The zero-order valence-corrected chi connectivity index (χ0v) is 10.6. The highest BCUT2D eigenvalue weighted by Crippen LogP contribution is 2.38. The number of methoxy groups -OCH3 is 1. The van der Waals surface area contributed by atoms with E-state index in [-0.39, 0.29) is 41.6 Å². The molecule has 0 aromatic heterocycles. The molecule has 0 atom stereocenters. The first-order valence-electron chi connectivity index (χ1n) is 5.57. The second kappa shape index (κ2) is 6.00. The maximum Gasteiger partial charge on any atom is 0.315 e. The number of nitro groups is 1. The summed E-state index contributed by atoms with van der Waals surface area (Å²) in [6.45, 7) is 3.68. The van der Waals surface area contributed by atoms with Gasteiger partial charge in [-0.05, 0) is 13.0 Å². The predicted molar refractivity (Wildman–Crippen MR) is 65.4 cm³/mol. The van der Waals surface area contributed by atoms with Crippen molar-refractivity contribution in [2.75, 3.05) is 13.7 Å². The Morgan fingerprint density at radius 1 is 1.39 bits per heavy atom. The van der Waals surface area contributed by atoms with Gasteiger partial charge in [-0.3, -0.25) is 14.9 Å². The van der Waals surface area contributed by atoms with E-state index < -0.39 is 4.92 Å². The van der Waals surface area contributed by atoms with Crippen molar-refractivity contribution in [1.29, 1.82) is 0 Å². The highest BCUT2D eigenvalue weighted by atomic mass is 16.6. The average Bonchev–Trinajstić information content (AvgIpc) is 2.37. The summed E-state index contributed by atoms with van der Waals surface area (Å²) in [6.07, 6.45) is 0.272. The van der Waals surface area contributed by atoms with Crippen LogP contribution in [0.15, 0.2) is 12.1 Å². The summed E-state index contributed by atoms with van der Waals surface area (Å²) in [5.41, 5.74) is -0.00231. The van der Waals surface area contributed by atoms with Gasteiger partial charge in [0.25, 0.3) is 0 Å². The molecule has 6 heteroatoms. The molecule has 0 aliphatic rings. The zero-order chi connectivity index (χ0) is 13.7. The van der Waals surface area contributed by atoms with Gasteiger partial charge in [-0.1, -0.05) is 6.92 Å². The van der Waals surface area contributed by atoms with Gasteiger partial charge in [0.15, 0.2) is 11.5 Å². The number of hydrogen-bond acceptors (Lipinski definition) is 5. The molecule has 1 aromatic rings. The Bertz CT molecular complexity index is 470. The quantitative estimate of drug-likeness (QED) is 0.442. The molecule has 0 aliphatic heterocycles. The van der Waals surface area contributed by atoms with Crippen LogP contribution in [0.25, 0.3) is 0 Å². The van der Waals surface area contributed by atoms with E-state index >= 15 is 0 Å². The number of carbonyl (C=O) groups is 1.